The van der Waals surface area contributed by atoms with E-state index < -0.39 is 0 Å². The van der Waals surface area contributed by atoms with Crippen LogP contribution >= 0.6 is 0 Å². The molecule has 21 heavy (non-hydrogen) atoms. The predicted octanol–water partition coefficient (Wildman–Crippen LogP) is 2.81. The van der Waals surface area contributed by atoms with E-state index >= 15 is 0 Å². The summed E-state index contributed by atoms with van der Waals surface area (Å²) in [4.78, 5) is 2.60. The number of rotatable bonds is 4. The van der Waals surface area contributed by atoms with Crippen molar-refractivity contribution in [2.75, 3.05) is 19.7 Å². The number of nitrogens with zero attached hydrogens (tertiary/aromatic N) is 1. The number of piperidine rings is 1. The minimum absolute atomic E-state index is 0.417. The van der Waals surface area contributed by atoms with Gasteiger partial charge in [0.05, 0.1) is 6.10 Å². The van der Waals surface area contributed by atoms with Crippen LogP contribution in [0.4, 0.5) is 0 Å². The molecule has 0 aliphatic carbocycles. The minimum atomic E-state index is 0.417. The zero-order valence-corrected chi connectivity index (χ0v) is 13.1. The maximum Gasteiger partial charge on any atom is 0.0561 e. The molecule has 2 aliphatic rings. The Hall–Kier alpha value is -0.900. The van der Waals surface area contributed by atoms with Gasteiger partial charge in [-0.15, -0.1) is 0 Å². The maximum absolute atomic E-state index is 5.65. The summed E-state index contributed by atoms with van der Waals surface area (Å²) in [7, 11) is 0. The van der Waals surface area contributed by atoms with Gasteiger partial charge in [0.25, 0.3) is 0 Å². The van der Waals surface area contributed by atoms with E-state index in [4.69, 9.17) is 4.74 Å². The van der Waals surface area contributed by atoms with E-state index in [0.717, 1.165) is 19.6 Å². The van der Waals surface area contributed by atoms with E-state index in [-0.39, 0.29) is 0 Å². The Bertz CT molecular complexity index is 422. The number of likely N-dealkylation sites (tertiary alicyclic amines) is 1. The average Bonchev–Trinajstić information content (AvgIpc) is 2.49. The lowest BCUT2D eigenvalue weighted by Crippen LogP contribution is -2.50. The van der Waals surface area contributed by atoms with Gasteiger partial charge in [0.15, 0.2) is 0 Å². The molecule has 0 aromatic heterocycles. The fourth-order valence-electron chi connectivity index (χ4n) is 3.66. The lowest BCUT2D eigenvalue weighted by atomic mass is 9.99. The Labute approximate surface area is 128 Å². The van der Waals surface area contributed by atoms with Crippen molar-refractivity contribution in [1.82, 2.24) is 10.2 Å². The van der Waals surface area contributed by atoms with Gasteiger partial charge in [0.1, 0.15) is 0 Å². The van der Waals surface area contributed by atoms with Gasteiger partial charge in [0, 0.05) is 31.8 Å². The Kier molecular flexibility index (Phi) is 5.28. The number of hydrogen-bond donors (Lipinski definition) is 1. The van der Waals surface area contributed by atoms with Gasteiger partial charge in [-0.1, -0.05) is 30.3 Å². The summed E-state index contributed by atoms with van der Waals surface area (Å²) in [5.41, 5.74) is 1.43. The number of ether oxygens (including phenoxy) is 1. The molecule has 3 rings (SSSR count). The van der Waals surface area contributed by atoms with Crippen molar-refractivity contribution in [2.24, 2.45) is 0 Å². The molecule has 0 amide bonds. The molecule has 3 nitrogen and oxygen atoms in total. The van der Waals surface area contributed by atoms with Gasteiger partial charge in [-0.05, 0) is 44.7 Å². The average molecular weight is 288 g/mol. The molecule has 1 aromatic rings. The summed E-state index contributed by atoms with van der Waals surface area (Å²) < 4.78 is 5.65. The molecule has 0 spiro atoms. The van der Waals surface area contributed by atoms with Crippen LogP contribution in [0.15, 0.2) is 30.3 Å². The van der Waals surface area contributed by atoms with E-state index in [2.05, 4.69) is 47.5 Å². The second-order valence-corrected chi connectivity index (χ2v) is 6.63. The molecular formula is C18H28N2O. The van der Waals surface area contributed by atoms with Gasteiger partial charge < -0.3 is 10.1 Å². The van der Waals surface area contributed by atoms with Crippen LogP contribution < -0.4 is 5.32 Å². The molecule has 1 aromatic carbocycles. The van der Waals surface area contributed by atoms with Crippen molar-refractivity contribution in [3.63, 3.8) is 0 Å². The zero-order valence-electron chi connectivity index (χ0n) is 13.1. The zero-order chi connectivity index (χ0) is 14.5. The normalized spacial score (nSPS) is 31.2. The van der Waals surface area contributed by atoms with Gasteiger partial charge in [-0.3, -0.25) is 4.90 Å². The SMILES string of the molecule is CC1CC(NC2CCCN(Cc3ccccc3)C2)CCO1. The summed E-state index contributed by atoms with van der Waals surface area (Å²) in [6.07, 6.45) is 5.37. The number of nitrogens with one attached hydrogen (secondary N) is 1. The van der Waals surface area contributed by atoms with Gasteiger partial charge in [0.2, 0.25) is 0 Å². The molecule has 0 saturated carbocycles. The van der Waals surface area contributed by atoms with Crippen molar-refractivity contribution in [1.29, 1.82) is 0 Å². The topological polar surface area (TPSA) is 24.5 Å². The molecule has 2 aliphatic heterocycles. The lowest BCUT2D eigenvalue weighted by molar-refractivity contribution is 0.00883. The van der Waals surface area contributed by atoms with Crippen LogP contribution in [0.3, 0.4) is 0 Å². The number of hydrogen-bond acceptors (Lipinski definition) is 3. The Morgan fingerprint density at radius 3 is 2.86 bits per heavy atom. The fraction of sp³-hybridized carbons (Fsp3) is 0.667. The first kappa shape index (κ1) is 15.0. The fourth-order valence-corrected chi connectivity index (χ4v) is 3.66. The van der Waals surface area contributed by atoms with E-state index in [0.29, 0.717) is 18.2 Å². The summed E-state index contributed by atoms with van der Waals surface area (Å²) >= 11 is 0. The van der Waals surface area contributed by atoms with Crippen molar-refractivity contribution in [2.45, 2.75) is 57.3 Å². The van der Waals surface area contributed by atoms with Crippen molar-refractivity contribution >= 4 is 0 Å². The number of benzene rings is 1. The largest absolute Gasteiger partial charge is 0.378 e. The van der Waals surface area contributed by atoms with Crippen LogP contribution in [0.5, 0.6) is 0 Å². The first-order valence-corrected chi connectivity index (χ1v) is 8.43. The second-order valence-electron chi connectivity index (χ2n) is 6.63. The third-order valence-electron chi connectivity index (χ3n) is 4.71. The quantitative estimate of drug-likeness (QED) is 0.922. The Morgan fingerprint density at radius 2 is 2.05 bits per heavy atom. The van der Waals surface area contributed by atoms with Crippen LogP contribution in [-0.4, -0.2) is 42.8 Å². The molecule has 3 unspecified atom stereocenters. The smallest absolute Gasteiger partial charge is 0.0561 e. The van der Waals surface area contributed by atoms with Crippen LogP contribution in [0.1, 0.15) is 38.2 Å². The standard InChI is InChI=1S/C18H28N2O/c1-15-12-17(9-11-21-15)19-18-8-5-10-20(14-18)13-16-6-3-2-4-7-16/h2-4,6-7,15,17-19H,5,8-14H2,1H3. The Balaban J connectivity index is 1.49. The van der Waals surface area contributed by atoms with Crippen LogP contribution in [-0.2, 0) is 11.3 Å². The van der Waals surface area contributed by atoms with Crippen molar-refractivity contribution in [3.8, 4) is 0 Å². The third-order valence-corrected chi connectivity index (χ3v) is 4.71. The van der Waals surface area contributed by atoms with E-state index in [1.54, 1.807) is 0 Å². The molecule has 3 atom stereocenters. The van der Waals surface area contributed by atoms with Crippen molar-refractivity contribution < 1.29 is 4.74 Å². The van der Waals surface area contributed by atoms with E-state index in [1.165, 1.54) is 37.9 Å². The van der Waals surface area contributed by atoms with Crippen LogP contribution in [0.25, 0.3) is 0 Å². The monoisotopic (exact) mass is 288 g/mol. The highest BCUT2D eigenvalue weighted by Gasteiger charge is 2.25. The summed E-state index contributed by atoms with van der Waals surface area (Å²) in [6.45, 7) is 6.61. The molecule has 116 valence electrons. The predicted molar refractivity (Wildman–Crippen MR) is 86.3 cm³/mol. The maximum atomic E-state index is 5.65. The van der Waals surface area contributed by atoms with E-state index in [1.807, 2.05) is 0 Å². The highest BCUT2D eigenvalue weighted by molar-refractivity contribution is 5.14. The summed E-state index contributed by atoms with van der Waals surface area (Å²) in [5, 5.41) is 3.88. The molecular weight excluding hydrogens is 260 g/mol. The van der Waals surface area contributed by atoms with Crippen LogP contribution in [0, 0.1) is 0 Å². The summed E-state index contributed by atoms with van der Waals surface area (Å²) in [5.74, 6) is 0. The van der Waals surface area contributed by atoms with Crippen molar-refractivity contribution in [3.05, 3.63) is 35.9 Å². The Morgan fingerprint density at radius 1 is 1.19 bits per heavy atom. The molecule has 1 N–H and O–H groups in total. The third kappa shape index (κ3) is 4.53. The summed E-state index contributed by atoms with van der Waals surface area (Å²) in [6, 6.07) is 12.1. The van der Waals surface area contributed by atoms with Crippen LogP contribution in [0.2, 0.25) is 0 Å². The molecule has 2 fully saturated rings. The van der Waals surface area contributed by atoms with Gasteiger partial charge in [-0.25, -0.2) is 0 Å². The highest BCUT2D eigenvalue weighted by atomic mass is 16.5. The molecule has 2 heterocycles. The van der Waals surface area contributed by atoms with Gasteiger partial charge in [-0.2, -0.15) is 0 Å². The molecule has 2 saturated heterocycles. The molecule has 0 bridgehead atoms. The first-order valence-electron chi connectivity index (χ1n) is 8.43. The van der Waals surface area contributed by atoms with Gasteiger partial charge >= 0.3 is 0 Å². The highest BCUT2D eigenvalue weighted by Crippen LogP contribution is 2.18. The second kappa shape index (κ2) is 7.39. The molecule has 0 radical (unpaired) electrons. The lowest BCUT2D eigenvalue weighted by Gasteiger charge is -2.37. The van der Waals surface area contributed by atoms with E-state index in [9.17, 15) is 0 Å². The first-order chi connectivity index (χ1) is 10.3. The minimum Gasteiger partial charge on any atom is -0.378 e. The molecule has 3 heteroatoms.